The molecule has 0 spiro atoms. The lowest BCUT2D eigenvalue weighted by molar-refractivity contribution is 0.0642. The molecule has 1 aromatic rings. The molecule has 2 rings (SSSR count). The van der Waals surface area contributed by atoms with Crippen LogP contribution < -0.4 is 0 Å². The average Bonchev–Trinajstić information content (AvgIpc) is 2.48. The van der Waals surface area contributed by atoms with Crippen molar-refractivity contribution in [1.29, 1.82) is 0 Å². The molecule has 1 aliphatic rings. The van der Waals surface area contributed by atoms with Gasteiger partial charge >= 0.3 is 6.09 Å². The van der Waals surface area contributed by atoms with E-state index < -0.39 is 6.09 Å². The van der Waals surface area contributed by atoms with E-state index in [1.165, 1.54) is 10.5 Å². The first-order chi connectivity index (χ1) is 9.75. The zero-order valence-electron chi connectivity index (χ0n) is 11.7. The Morgan fingerprint density at radius 3 is 2.70 bits per heavy atom. The van der Waals surface area contributed by atoms with Crippen molar-refractivity contribution in [3.63, 3.8) is 0 Å². The van der Waals surface area contributed by atoms with E-state index in [4.69, 9.17) is 9.84 Å². The van der Waals surface area contributed by atoms with Crippen LogP contribution in [0.25, 0.3) is 0 Å². The van der Waals surface area contributed by atoms with Gasteiger partial charge in [0.05, 0.1) is 0 Å². The second-order valence-electron chi connectivity index (χ2n) is 5.25. The molecule has 110 valence electrons. The first-order valence-corrected chi connectivity index (χ1v) is 7.20. The van der Waals surface area contributed by atoms with E-state index in [0.29, 0.717) is 19.0 Å². The number of hydrogen-bond donors (Lipinski definition) is 1. The fourth-order valence-corrected chi connectivity index (χ4v) is 2.47. The van der Waals surface area contributed by atoms with Gasteiger partial charge in [0.1, 0.15) is 0 Å². The van der Waals surface area contributed by atoms with Crippen LogP contribution in [0, 0.1) is 5.92 Å². The van der Waals surface area contributed by atoms with Crippen LogP contribution in [0.15, 0.2) is 24.5 Å². The van der Waals surface area contributed by atoms with E-state index in [2.05, 4.69) is 4.98 Å². The second-order valence-corrected chi connectivity index (χ2v) is 5.25. The number of likely N-dealkylation sites (tertiary alicyclic amines) is 1. The monoisotopic (exact) mass is 278 g/mol. The van der Waals surface area contributed by atoms with Crippen LogP contribution >= 0.6 is 0 Å². The molecule has 0 bridgehead atoms. The molecule has 1 aromatic heterocycles. The summed E-state index contributed by atoms with van der Waals surface area (Å²) in [7, 11) is 0. The zero-order valence-corrected chi connectivity index (χ0v) is 11.7. The molecule has 1 fully saturated rings. The van der Waals surface area contributed by atoms with E-state index in [-0.39, 0.29) is 0 Å². The minimum Gasteiger partial charge on any atom is -0.465 e. The molecule has 1 saturated heterocycles. The number of hydrogen-bond acceptors (Lipinski definition) is 3. The number of carbonyl (C=O) groups is 1. The van der Waals surface area contributed by atoms with Crippen LogP contribution in [-0.4, -0.2) is 47.4 Å². The molecule has 0 atom stereocenters. The molecule has 0 saturated carbocycles. The van der Waals surface area contributed by atoms with E-state index in [9.17, 15) is 4.79 Å². The second kappa shape index (κ2) is 7.85. The van der Waals surface area contributed by atoms with Crippen molar-refractivity contribution in [1.82, 2.24) is 9.88 Å². The Morgan fingerprint density at radius 1 is 1.35 bits per heavy atom. The van der Waals surface area contributed by atoms with Crippen LogP contribution in [0.3, 0.4) is 0 Å². The fraction of sp³-hybridized carbons (Fsp3) is 0.600. The average molecular weight is 278 g/mol. The predicted octanol–water partition coefficient (Wildman–Crippen LogP) is 2.42. The Hall–Kier alpha value is -1.62. The molecule has 0 unspecified atom stereocenters. The Bertz CT molecular complexity index is 403. The van der Waals surface area contributed by atoms with Crippen LogP contribution in [0.5, 0.6) is 0 Å². The summed E-state index contributed by atoms with van der Waals surface area (Å²) in [6.07, 6.45) is 6.67. The number of carboxylic acid groups (broad SMARTS) is 1. The largest absolute Gasteiger partial charge is 0.465 e. The van der Waals surface area contributed by atoms with Gasteiger partial charge in [0.25, 0.3) is 0 Å². The highest BCUT2D eigenvalue weighted by Gasteiger charge is 2.21. The van der Waals surface area contributed by atoms with Crippen molar-refractivity contribution in [3.8, 4) is 0 Å². The molecule has 0 radical (unpaired) electrons. The summed E-state index contributed by atoms with van der Waals surface area (Å²) in [5.41, 5.74) is 1.29. The number of rotatable bonds is 6. The quantitative estimate of drug-likeness (QED) is 0.812. The highest BCUT2D eigenvalue weighted by atomic mass is 16.5. The van der Waals surface area contributed by atoms with Gasteiger partial charge in [-0.3, -0.25) is 4.98 Å². The first-order valence-electron chi connectivity index (χ1n) is 7.20. The van der Waals surface area contributed by atoms with Gasteiger partial charge in [0, 0.05) is 38.7 Å². The molecule has 0 aromatic carbocycles. The molecule has 20 heavy (non-hydrogen) atoms. The lowest BCUT2D eigenvalue weighted by atomic mass is 9.98. The Kier molecular flexibility index (Phi) is 5.80. The number of nitrogens with zero attached hydrogens (tertiary/aromatic N) is 2. The molecule has 1 N–H and O–H groups in total. The Labute approximate surface area is 119 Å². The van der Waals surface area contributed by atoms with Gasteiger partial charge in [-0.1, -0.05) is 0 Å². The normalized spacial score (nSPS) is 16.3. The Balaban J connectivity index is 1.53. The summed E-state index contributed by atoms with van der Waals surface area (Å²) in [6, 6.07) is 4.06. The SMILES string of the molecule is O=C(O)N1CCC(COCCCc2ccncc2)CC1. The van der Waals surface area contributed by atoms with Crippen LogP contribution in [0.1, 0.15) is 24.8 Å². The smallest absolute Gasteiger partial charge is 0.407 e. The maximum absolute atomic E-state index is 10.8. The van der Waals surface area contributed by atoms with Crippen LogP contribution in [-0.2, 0) is 11.2 Å². The van der Waals surface area contributed by atoms with Gasteiger partial charge in [-0.15, -0.1) is 0 Å². The van der Waals surface area contributed by atoms with Crippen LogP contribution in [0.4, 0.5) is 4.79 Å². The van der Waals surface area contributed by atoms with E-state index in [1.54, 1.807) is 0 Å². The summed E-state index contributed by atoms with van der Waals surface area (Å²) in [5.74, 6) is 0.506. The maximum atomic E-state index is 10.8. The topological polar surface area (TPSA) is 62.7 Å². The Morgan fingerprint density at radius 2 is 2.05 bits per heavy atom. The van der Waals surface area contributed by atoms with Crippen molar-refractivity contribution in [2.24, 2.45) is 5.92 Å². The van der Waals surface area contributed by atoms with Gasteiger partial charge in [-0.25, -0.2) is 4.79 Å². The molecule has 1 aliphatic heterocycles. The molecule has 5 heteroatoms. The third kappa shape index (κ3) is 4.81. The number of aryl methyl sites for hydroxylation is 1. The highest BCUT2D eigenvalue weighted by Crippen LogP contribution is 2.17. The molecular formula is C15H22N2O3. The van der Waals surface area contributed by atoms with Crippen molar-refractivity contribution in [2.45, 2.75) is 25.7 Å². The summed E-state index contributed by atoms with van der Waals surface area (Å²) < 4.78 is 5.71. The van der Waals surface area contributed by atoms with Gasteiger partial charge in [0.15, 0.2) is 0 Å². The van der Waals surface area contributed by atoms with Crippen molar-refractivity contribution < 1.29 is 14.6 Å². The number of aromatic nitrogens is 1. The fourth-order valence-electron chi connectivity index (χ4n) is 2.47. The number of ether oxygens (including phenoxy) is 1. The minimum atomic E-state index is -0.804. The third-order valence-corrected chi connectivity index (χ3v) is 3.74. The summed E-state index contributed by atoms with van der Waals surface area (Å²) in [6.45, 7) is 2.80. The van der Waals surface area contributed by atoms with Crippen molar-refractivity contribution in [2.75, 3.05) is 26.3 Å². The minimum absolute atomic E-state index is 0.506. The van der Waals surface area contributed by atoms with Gasteiger partial charge in [-0.05, 0) is 49.3 Å². The summed E-state index contributed by atoms with van der Waals surface area (Å²) in [5, 5.41) is 8.87. The lowest BCUT2D eigenvalue weighted by Crippen LogP contribution is -2.38. The van der Waals surface area contributed by atoms with Crippen molar-refractivity contribution >= 4 is 6.09 Å². The van der Waals surface area contributed by atoms with E-state index in [1.807, 2.05) is 24.5 Å². The summed E-state index contributed by atoms with van der Waals surface area (Å²) in [4.78, 5) is 16.3. The lowest BCUT2D eigenvalue weighted by Gasteiger charge is -2.29. The molecule has 0 aliphatic carbocycles. The number of pyridine rings is 1. The number of amides is 1. The maximum Gasteiger partial charge on any atom is 0.407 e. The van der Waals surface area contributed by atoms with Gasteiger partial charge in [-0.2, -0.15) is 0 Å². The predicted molar refractivity (Wildman–Crippen MR) is 75.7 cm³/mol. The van der Waals surface area contributed by atoms with E-state index in [0.717, 1.165) is 38.9 Å². The first kappa shape index (κ1) is 14.8. The standard InChI is InChI=1S/C15H22N2O3/c18-15(19)17-9-5-14(6-10-17)12-20-11-1-2-13-3-7-16-8-4-13/h3-4,7-8,14H,1-2,5-6,9-12H2,(H,18,19). The number of piperidine rings is 1. The highest BCUT2D eigenvalue weighted by molar-refractivity contribution is 5.64. The molecule has 2 heterocycles. The van der Waals surface area contributed by atoms with Gasteiger partial charge in [0.2, 0.25) is 0 Å². The molecule has 5 nitrogen and oxygen atoms in total. The van der Waals surface area contributed by atoms with Crippen molar-refractivity contribution in [3.05, 3.63) is 30.1 Å². The zero-order chi connectivity index (χ0) is 14.2. The van der Waals surface area contributed by atoms with Gasteiger partial charge < -0.3 is 14.7 Å². The molecule has 1 amide bonds. The third-order valence-electron chi connectivity index (χ3n) is 3.74. The molecular weight excluding hydrogens is 256 g/mol. The van der Waals surface area contributed by atoms with Crippen LogP contribution in [0.2, 0.25) is 0 Å². The van der Waals surface area contributed by atoms with E-state index >= 15 is 0 Å². The summed E-state index contributed by atoms with van der Waals surface area (Å²) >= 11 is 0.